The van der Waals surface area contributed by atoms with Gasteiger partial charge in [0, 0.05) is 13.0 Å². The topological polar surface area (TPSA) is 29.1 Å². The van der Waals surface area contributed by atoms with Gasteiger partial charge in [-0.2, -0.15) is 0 Å². The van der Waals surface area contributed by atoms with Crippen LogP contribution < -0.4 is 5.32 Å². The highest BCUT2D eigenvalue weighted by Gasteiger charge is 1.88. The quantitative estimate of drug-likeness (QED) is 0.605. The maximum Gasteiger partial charge on any atom is 0.219 e. The second kappa shape index (κ2) is 10.5. The molecule has 0 heterocycles. The second-order valence-electron chi connectivity index (χ2n) is 1.31. The normalized spacial score (nSPS) is 7.11. The molecule has 0 aromatic heterocycles. The zero-order valence-electron chi connectivity index (χ0n) is 6.82. The van der Waals surface area contributed by atoms with Crippen molar-refractivity contribution in [1.29, 1.82) is 0 Å². The highest BCUT2D eigenvalue weighted by atomic mass is 16.1. The van der Waals surface area contributed by atoms with E-state index >= 15 is 0 Å². The number of amides is 1. The molecule has 0 saturated heterocycles. The predicted octanol–water partition coefficient (Wildman–Crippen LogP) is 1.56. The van der Waals surface area contributed by atoms with Crippen molar-refractivity contribution >= 4 is 5.91 Å². The average Bonchev–Trinajstić information content (AvgIpc) is 1.93. The largest absolute Gasteiger partial charge is 0.356 e. The van der Waals surface area contributed by atoms with E-state index in [1.807, 2.05) is 27.7 Å². The van der Waals surface area contributed by atoms with Crippen LogP contribution in [0.25, 0.3) is 0 Å². The van der Waals surface area contributed by atoms with Crippen LogP contribution in [0.4, 0.5) is 0 Å². The van der Waals surface area contributed by atoms with Gasteiger partial charge in [-0.3, -0.25) is 4.79 Å². The van der Waals surface area contributed by atoms with Crippen LogP contribution in [0.3, 0.4) is 0 Å². The summed E-state index contributed by atoms with van der Waals surface area (Å²) >= 11 is 0. The van der Waals surface area contributed by atoms with Crippen LogP contribution in [0.5, 0.6) is 0 Å². The summed E-state index contributed by atoms with van der Waals surface area (Å²) in [6, 6.07) is 0. The summed E-state index contributed by atoms with van der Waals surface area (Å²) in [5.41, 5.74) is 0. The minimum absolute atomic E-state index is 0.127. The first-order valence-electron chi connectivity index (χ1n) is 3.58. The molecule has 0 spiro atoms. The smallest absolute Gasteiger partial charge is 0.219 e. The molecule has 0 aromatic carbocycles. The molecule has 0 bridgehead atoms. The van der Waals surface area contributed by atoms with Gasteiger partial charge in [0.05, 0.1) is 0 Å². The number of carbonyl (C=O) groups is 1. The minimum atomic E-state index is 0.127. The summed E-state index contributed by atoms with van der Waals surface area (Å²) < 4.78 is 0. The van der Waals surface area contributed by atoms with Crippen molar-refractivity contribution in [3.8, 4) is 0 Å². The first-order valence-corrected chi connectivity index (χ1v) is 3.58. The summed E-state index contributed by atoms with van der Waals surface area (Å²) in [5, 5.41) is 2.66. The molecule has 1 amide bonds. The lowest BCUT2D eigenvalue weighted by molar-refractivity contribution is -0.120. The molecule has 0 aliphatic carbocycles. The van der Waals surface area contributed by atoms with Crippen molar-refractivity contribution in [2.45, 2.75) is 34.1 Å². The molecule has 9 heavy (non-hydrogen) atoms. The average molecular weight is 131 g/mol. The number of rotatable bonds is 2. The number of nitrogens with one attached hydrogen (secondary N) is 1. The Kier molecular flexibility index (Phi) is 13.1. The van der Waals surface area contributed by atoms with E-state index in [2.05, 4.69) is 5.32 Å². The highest BCUT2D eigenvalue weighted by Crippen LogP contribution is 1.70. The van der Waals surface area contributed by atoms with Crippen molar-refractivity contribution in [1.82, 2.24) is 5.32 Å². The summed E-state index contributed by atoms with van der Waals surface area (Å²) in [7, 11) is 0. The number of carbonyl (C=O) groups excluding carboxylic acids is 1. The van der Waals surface area contributed by atoms with Crippen LogP contribution in [0.1, 0.15) is 34.1 Å². The molecule has 0 saturated carbocycles. The van der Waals surface area contributed by atoms with Gasteiger partial charge in [0.2, 0.25) is 5.91 Å². The standard InChI is InChI=1S/C5H11NO.C2H6/c1-3-5(7)6-4-2;1-2/h3-4H2,1-2H3,(H,6,7);1-2H3. The van der Waals surface area contributed by atoms with Gasteiger partial charge >= 0.3 is 0 Å². The van der Waals surface area contributed by atoms with Crippen molar-refractivity contribution in [3.63, 3.8) is 0 Å². The van der Waals surface area contributed by atoms with Gasteiger partial charge in [0.25, 0.3) is 0 Å². The van der Waals surface area contributed by atoms with Crippen LogP contribution in [-0.4, -0.2) is 12.5 Å². The summed E-state index contributed by atoms with van der Waals surface area (Å²) in [6.07, 6.45) is 0.591. The van der Waals surface area contributed by atoms with Gasteiger partial charge in [-0.05, 0) is 6.92 Å². The summed E-state index contributed by atoms with van der Waals surface area (Å²) in [4.78, 5) is 10.3. The van der Waals surface area contributed by atoms with Crippen LogP contribution in [0, 0.1) is 0 Å². The first kappa shape index (κ1) is 11.3. The molecule has 0 aliphatic rings. The molecule has 0 unspecified atom stereocenters. The summed E-state index contributed by atoms with van der Waals surface area (Å²) in [6.45, 7) is 8.49. The van der Waals surface area contributed by atoms with Gasteiger partial charge < -0.3 is 5.32 Å². The fraction of sp³-hybridized carbons (Fsp3) is 0.857. The second-order valence-corrected chi connectivity index (χ2v) is 1.31. The lowest BCUT2D eigenvalue weighted by atomic mass is 10.4. The number of hydrogen-bond acceptors (Lipinski definition) is 1. The van der Waals surface area contributed by atoms with Crippen molar-refractivity contribution in [2.75, 3.05) is 6.54 Å². The van der Waals surface area contributed by atoms with E-state index in [1.165, 1.54) is 0 Å². The third kappa shape index (κ3) is 11.2. The van der Waals surface area contributed by atoms with Gasteiger partial charge in [-0.1, -0.05) is 20.8 Å². The Morgan fingerprint density at radius 3 is 1.89 bits per heavy atom. The van der Waals surface area contributed by atoms with Gasteiger partial charge in [0.1, 0.15) is 0 Å². The predicted molar refractivity (Wildman–Crippen MR) is 40.3 cm³/mol. The molecule has 56 valence electrons. The Balaban J connectivity index is 0. The Hall–Kier alpha value is -0.530. The van der Waals surface area contributed by atoms with Gasteiger partial charge in [0.15, 0.2) is 0 Å². The van der Waals surface area contributed by atoms with Crippen LogP contribution >= 0.6 is 0 Å². The van der Waals surface area contributed by atoms with E-state index in [1.54, 1.807) is 0 Å². The van der Waals surface area contributed by atoms with Crippen LogP contribution in [0.2, 0.25) is 0 Å². The molecular formula is C7H17NO. The van der Waals surface area contributed by atoms with E-state index in [9.17, 15) is 4.79 Å². The van der Waals surface area contributed by atoms with Gasteiger partial charge in [-0.25, -0.2) is 0 Å². The molecule has 0 fully saturated rings. The Morgan fingerprint density at radius 1 is 1.33 bits per heavy atom. The molecule has 0 rings (SSSR count). The van der Waals surface area contributed by atoms with E-state index in [-0.39, 0.29) is 5.91 Å². The van der Waals surface area contributed by atoms with Crippen molar-refractivity contribution in [3.05, 3.63) is 0 Å². The Morgan fingerprint density at radius 2 is 1.78 bits per heavy atom. The molecular weight excluding hydrogens is 114 g/mol. The molecule has 0 radical (unpaired) electrons. The van der Waals surface area contributed by atoms with E-state index in [0.29, 0.717) is 6.42 Å². The SMILES string of the molecule is CC.CCNC(=O)CC. The molecule has 0 aromatic rings. The molecule has 2 nitrogen and oxygen atoms in total. The maximum atomic E-state index is 10.3. The number of hydrogen-bond donors (Lipinski definition) is 1. The lowest BCUT2D eigenvalue weighted by Gasteiger charge is -1.93. The van der Waals surface area contributed by atoms with E-state index < -0.39 is 0 Å². The molecule has 0 atom stereocenters. The van der Waals surface area contributed by atoms with Gasteiger partial charge in [-0.15, -0.1) is 0 Å². The molecule has 0 aliphatic heterocycles. The van der Waals surface area contributed by atoms with Crippen LogP contribution in [0.15, 0.2) is 0 Å². The molecule has 2 heteroatoms. The minimum Gasteiger partial charge on any atom is -0.356 e. The zero-order valence-corrected chi connectivity index (χ0v) is 6.82. The van der Waals surface area contributed by atoms with Crippen LogP contribution in [-0.2, 0) is 4.79 Å². The maximum absolute atomic E-state index is 10.3. The zero-order chi connectivity index (χ0) is 7.70. The first-order chi connectivity index (χ1) is 4.31. The highest BCUT2D eigenvalue weighted by molar-refractivity contribution is 5.75. The Labute approximate surface area is 57.6 Å². The lowest BCUT2D eigenvalue weighted by Crippen LogP contribution is -2.20. The van der Waals surface area contributed by atoms with E-state index in [0.717, 1.165) is 6.54 Å². The van der Waals surface area contributed by atoms with Crippen molar-refractivity contribution in [2.24, 2.45) is 0 Å². The Bertz CT molecular complexity index is 61.9. The summed E-state index contributed by atoms with van der Waals surface area (Å²) in [5.74, 6) is 0.127. The fourth-order valence-electron chi connectivity index (χ4n) is 0.322. The third-order valence-electron chi connectivity index (χ3n) is 0.695. The fourth-order valence-corrected chi connectivity index (χ4v) is 0.322. The monoisotopic (exact) mass is 131 g/mol. The third-order valence-corrected chi connectivity index (χ3v) is 0.695. The van der Waals surface area contributed by atoms with E-state index in [4.69, 9.17) is 0 Å². The van der Waals surface area contributed by atoms with Crippen molar-refractivity contribution < 1.29 is 4.79 Å². The molecule has 1 N–H and O–H groups in total.